The molecule has 1 atom stereocenters. The second-order valence-electron chi connectivity index (χ2n) is 9.19. The topological polar surface area (TPSA) is 117 Å². The minimum Gasteiger partial charge on any atom is -0.459 e. The van der Waals surface area contributed by atoms with Gasteiger partial charge in [0.05, 0.1) is 37.9 Å². The smallest absolute Gasteiger partial charge is 0.338 e. The lowest BCUT2D eigenvalue weighted by Gasteiger charge is -2.25. The van der Waals surface area contributed by atoms with E-state index in [2.05, 4.69) is 4.99 Å². The molecule has 9 nitrogen and oxygen atoms in total. The van der Waals surface area contributed by atoms with Gasteiger partial charge in [-0.2, -0.15) is 0 Å². The predicted octanol–water partition coefficient (Wildman–Crippen LogP) is 5.66. The molecule has 0 saturated carbocycles. The van der Waals surface area contributed by atoms with E-state index in [1.807, 2.05) is 30.3 Å². The van der Waals surface area contributed by atoms with Gasteiger partial charge in [0.2, 0.25) is 0 Å². The van der Waals surface area contributed by atoms with E-state index >= 15 is 0 Å². The molecule has 4 aromatic rings. The fourth-order valence-electron chi connectivity index (χ4n) is 4.38. The number of hydrogen-bond donors (Lipinski definition) is 0. The molecule has 12 heteroatoms. The van der Waals surface area contributed by atoms with Crippen molar-refractivity contribution in [1.29, 1.82) is 0 Å². The summed E-state index contributed by atoms with van der Waals surface area (Å²) < 4.78 is 13.2. The molecule has 3 heterocycles. The lowest BCUT2D eigenvalue weighted by atomic mass is 9.96. The third-order valence-corrected chi connectivity index (χ3v) is 7.70. The molecule has 1 aliphatic rings. The Morgan fingerprint density at radius 1 is 1.18 bits per heavy atom. The van der Waals surface area contributed by atoms with Crippen LogP contribution >= 0.6 is 34.5 Å². The van der Waals surface area contributed by atoms with Gasteiger partial charge in [-0.05, 0) is 44.5 Å². The van der Waals surface area contributed by atoms with Crippen molar-refractivity contribution in [3.63, 3.8) is 0 Å². The maximum Gasteiger partial charge on any atom is 0.338 e. The minimum absolute atomic E-state index is 0.0845. The predicted molar refractivity (Wildman–Crippen MR) is 152 cm³/mol. The standard InChI is InChI=1S/C28H21Cl2N3O6S/c1-14(2)38-27(35)24-15(3)31-28-32(25(24)16-7-5-4-6-8-16)26(34)23(40-28)11-17-9-10-22(39-17)18-12-20(30)21(33(36)37)13-19(18)29/h4-14,25H,1-3H3. The Hall–Kier alpha value is -3.99. The van der Waals surface area contributed by atoms with Crippen molar-refractivity contribution in [3.8, 4) is 11.3 Å². The highest BCUT2D eigenvalue weighted by Crippen LogP contribution is 2.37. The fraction of sp³-hybridized carbons (Fsp3) is 0.179. The SMILES string of the molecule is CC1=C(C(=O)OC(C)C)C(c2ccccc2)n2c(sc(=Cc3ccc(-c4cc(Cl)c([N+](=O)[O-])cc4Cl)o3)c2=O)=N1. The van der Waals surface area contributed by atoms with Crippen molar-refractivity contribution in [3.05, 3.63) is 117 Å². The number of carbonyl (C=O) groups excluding carboxylic acids is 1. The first-order chi connectivity index (χ1) is 19.0. The normalized spacial score (nSPS) is 15.2. The van der Waals surface area contributed by atoms with Crippen molar-refractivity contribution in [2.24, 2.45) is 4.99 Å². The Bertz CT molecular complexity index is 1870. The van der Waals surface area contributed by atoms with Crippen molar-refractivity contribution in [1.82, 2.24) is 4.57 Å². The molecule has 0 fully saturated rings. The third kappa shape index (κ3) is 5.13. The number of fused-ring (bicyclic) bond motifs is 1. The van der Waals surface area contributed by atoms with E-state index in [1.54, 1.807) is 39.0 Å². The molecule has 0 saturated heterocycles. The number of rotatable bonds is 6. The number of halogens is 2. The third-order valence-electron chi connectivity index (χ3n) is 6.10. The van der Waals surface area contributed by atoms with Crippen LogP contribution in [0.4, 0.5) is 5.69 Å². The minimum atomic E-state index is -0.723. The molecule has 1 unspecified atom stereocenters. The van der Waals surface area contributed by atoms with Crippen molar-refractivity contribution >= 4 is 52.3 Å². The molecule has 0 radical (unpaired) electrons. The van der Waals surface area contributed by atoms with E-state index in [1.165, 1.54) is 10.6 Å². The van der Waals surface area contributed by atoms with Gasteiger partial charge in [0, 0.05) is 17.7 Å². The van der Waals surface area contributed by atoms with E-state index in [4.69, 9.17) is 32.4 Å². The highest BCUT2D eigenvalue weighted by Gasteiger charge is 2.33. The van der Waals surface area contributed by atoms with E-state index in [-0.39, 0.29) is 27.4 Å². The monoisotopic (exact) mass is 597 g/mol. The first-order valence-electron chi connectivity index (χ1n) is 12.1. The van der Waals surface area contributed by atoms with Gasteiger partial charge in [0.1, 0.15) is 16.5 Å². The Labute approximate surface area is 241 Å². The second kappa shape index (κ2) is 10.9. The van der Waals surface area contributed by atoms with Gasteiger partial charge in [0.25, 0.3) is 11.2 Å². The summed E-state index contributed by atoms with van der Waals surface area (Å²) in [5, 5.41) is 11.2. The number of esters is 1. The number of aromatic nitrogens is 1. The maximum atomic E-state index is 13.7. The van der Waals surface area contributed by atoms with Crippen LogP contribution in [0.25, 0.3) is 17.4 Å². The summed E-state index contributed by atoms with van der Waals surface area (Å²) in [6.45, 7) is 5.24. The molecular formula is C28H21Cl2N3O6S. The van der Waals surface area contributed by atoms with Crippen LogP contribution in [-0.2, 0) is 9.53 Å². The summed E-state index contributed by atoms with van der Waals surface area (Å²) >= 11 is 13.5. The van der Waals surface area contributed by atoms with Gasteiger partial charge in [-0.3, -0.25) is 19.5 Å². The van der Waals surface area contributed by atoms with Gasteiger partial charge in [-0.1, -0.05) is 64.9 Å². The number of benzene rings is 2. The number of hydrogen-bond acceptors (Lipinski definition) is 8. The Balaban J connectivity index is 1.60. The molecule has 40 heavy (non-hydrogen) atoms. The summed E-state index contributed by atoms with van der Waals surface area (Å²) in [6.07, 6.45) is 1.22. The lowest BCUT2D eigenvalue weighted by Crippen LogP contribution is -2.40. The summed E-state index contributed by atoms with van der Waals surface area (Å²) in [4.78, 5) is 42.4. The average molecular weight is 598 g/mol. The molecule has 0 aliphatic carbocycles. The van der Waals surface area contributed by atoms with Crippen LogP contribution in [0.1, 0.15) is 38.1 Å². The molecule has 204 valence electrons. The number of nitrogens with zero attached hydrogens (tertiary/aromatic N) is 3. The Kier molecular flexibility index (Phi) is 7.50. The number of furan rings is 1. The van der Waals surface area contributed by atoms with Crippen LogP contribution in [0, 0.1) is 10.1 Å². The van der Waals surface area contributed by atoms with E-state index in [9.17, 15) is 19.7 Å². The summed E-state index contributed by atoms with van der Waals surface area (Å²) in [7, 11) is 0. The lowest BCUT2D eigenvalue weighted by molar-refractivity contribution is -0.384. The molecule has 2 aromatic heterocycles. The van der Waals surface area contributed by atoms with Crippen LogP contribution in [0.3, 0.4) is 0 Å². The van der Waals surface area contributed by atoms with Gasteiger partial charge in [-0.25, -0.2) is 9.79 Å². The summed E-state index contributed by atoms with van der Waals surface area (Å²) in [6, 6.07) is 14.3. The van der Waals surface area contributed by atoms with Crippen LogP contribution in [0.5, 0.6) is 0 Å². The maximum absolute atomic E-state index is 13.7. The molecular weight excluding hydrogens is 577 g/mol. The van der Waals surface area contributed by atoms with Crippen LogP contribution in [-0.4, -0.2) is 21.6 Å². The molecule has 0 bridgehead atoms. The average Bonchev–Trinajstić information content (AvgIpc) is 3.48. The number of carbonyl (C=O) groups is 1. The second-order valence-corrected chi connectivity index (χ2v) is 11.0. The molecule has 0 N–H and O–H groups in total. The molecule has 0 spiro atoms. The van der Waals surface area contributed by atoms with Crippen LogP contribution in [0.2, 0.25) is 10.0 Å². The van der Waals surface area contributed by atoms with Gasteiger partial charge in [0.15, 0.2) is 4.80 Å². The number of nitro benzene ring substituents is 1. The quantitative estimate of drug-likeness (QED) is 0.161. The number of thiazole rings is 1. The van der Waals surface area contributed by atoms with Crippen molar-refractivity contribution < 1.29 is 18.9 Å². The Morgan fingerprint density at radius 2 is 1.90 bits per heavy atom. The van der Waals surface area contributed by atoms with E-state index in [0.29, 0.717) is 37.7 Å². The fourth-order valence-corrected chi connectivity index (χ4v) is 5.89. The summed E-state index contributed by atoms with van der Waals surface area (Å²) in [5.74, 6) is 0.128. The van der Waals surface area contributed by atoms with Crippen LogP contribution < -0.4 is 14.9 Å². The highest BCUT2D eigenvalue weighted by molar-refractivity contribution is 7.07. The zero-order valence-electron chi connectivity index (χ0n) is 21.4. The zero-order chi connectivity index (χ0) is 28.7. The van der Waals surface area contributed by atoms with Crippen LogP contribution in [0.15, 0.2) is 80.1 Å². The molecule has 5 rings (SSSR count). The highest BCUT2D eigenvalue weighted by atomic mass is 35.5. The van der Waals surface area contributed by atoms with Gasteiger partial charge >= 0.3 is 5.97 Å². The van der Waals surface area contributed by atoms with E-state index in [0.717, 1.165) is 23.0 Å². The zero-order valence-corrected chi connectivity index (χ0v) is 23.7. The first-order valence-corrected chi connectivity index (χ1v) is 13.6. The Morgan fingerprint density at radius 3 is 2.58 bits per heavy atom. The van der Waals surface area contributed by atoms with Gasteiger partial charge < -0.3 is 9.15 Å². The first kappa shape index (κ1) is 27.6. The number of ether oxygens (including phenoxy) is 1. The number of nitro groups is 1. The molecule has 0 amide bonds. The van der Waals surface area contributed by atoms with E-state index < -0.39 is 16.9 Å². The largest absolute Gasteiger partial charge is 0.459 e. The van der Waals surface area contributed by atoms with Gasteiger partial charge in [-0.15, -0.1) is 0 Å². The molecule has 1 aliphatic heterocycles. The molecule has 2 aromatic carbocycles. The van der Waals surface area contributed by atoms with Crippen molar-refractivity contribution in [2.45, 2.75) is 32.9 Å². The summed E-state index contributed by atoms with van der Waals surface area (Å²) in [5.41, 5.74) is 1.20. The van der Waals surface area contributed by atoms with Crippen molar-refractivity contribution in [2.75, 3.05) is 0 Å². The number of allylic oxidation sites excluding steroid dienone is 1.